The zero-order valence-electron chi connectivity index (χ0n) is 18.1. The number of fused-ring (bicyclic) bond motifs is 1. The van der Waals surface area contributed by atoms with Gasteiger partial charge in [-0.2, -0.15) is 0 Å². The summed E-state index contributed by atoms with van der Waals surface area (Å²) in [6, 6.07) is 14.9. The number of nitrogens with zero attached hydrogens (tertiary/aromatic N) is 3. The Morgan fingerprint density at radius 3 is 2.31 bits per heavy atom. The van der Waals surface area contributed by atoms with Crippen LogP contribution in [0.25, 0.3) is 10.8 Å². The molecule has 1 heterocycles. The van der Waals surface area contributed by atoms with E-state index in [0.29, 0.717) is 17.3 Å². The van der Waals surface area contributed by atoms with Gasteiger partial charge in [-0.15, -0.1) is 4.91 Å². The molecule has 1 saturated heterocycles. The number of nitroso groups, excluding NO2 is 1. The molecule has 1 aliphatic rings. The molecule has 0 aromatic heterocycles. The molecule has 3 aromatic carbocycles. The number of hydrogen-bond acceptors (Lipinski definition) is 8. The van der Waals surface area contributed by atoms with Crippen LogP contribution in [0.1, 0.15) is 6.42 Å². The average Bonchev–Trinajstić information content (AvgIpc) is 2.85. The first kappa shape index (κ1) is 21.7. The first-order chi connectivity index (χ1) is 15.6. The summed E-state index contributed by atoms with van der Waals surface area (Å²) in [5.74, 6) is 0.602. The highest BCUT2D eigenvalue weighted by molar-refractivity contribution is 6.03. The van der Waals surface area contributed by atoms with Crippen LogP contribution in [-0.4, -0.2) is 61.5 Å². The molecular formula is C24H28N4O4. The van der Waals surface area contributed by atoms with Gasteiger partial charge in [-0.25, -0.2) is 0 Å². The number of rotatable bonds is 8. The molecule has 32 heavy (non-hydrogen) atoms. The van der Waals surface area contributed by atoms with Crippen molar-refractivity contribution in [1.82, 2.24) is 4.90 Å². The van der Waals surface area contributed by atoms with Gasteiger partial charge >= 0.3 is 0 Å². The Morgan fingerprint density at radius 1 is 0.969 bits per heavy atom. The molecule has 8 nitrogen and oxygen atoms in total. The number of benzene rings is 3. The first-order valence-corrected chi connectivity index (χ1v) is 10.8. The van der Waals surface area contributed by atoms with Crippen LogP contribution in [0.15, 0.2) is 53.7 Å². The maximum Gasteiger partial charge on any atom is 0.177 e. The van der Waals surface area contributed by atoms with Crippen molar-refractivity contribution in [2.75, 3.05) is 56.6 Å². The molecule has 4 rings (SSSR count). The van der Waals surface area contributed by atoms with Gasteiger partial charge in [-0.3, -0.25) is 4.90 Å². The van der Waals surface area contributed by atoms with Gasteiger partial charge in [-0.1, -0.05) is 36.4 Å². The Hall–Kier alpha value is -3.52. The Bertz CT molecular complexity index is 1100. The van der Waals surface area contributed by atoms with Crippen LogP contribution in [-0.2, 0) is 0 Å². The summed E-state index contributed by atoms with van der Waals surface area (Å²) in [6.45, 7) is 5.17. The molecule has 0 amide bonds. The van der Waals surface area contributed by atoms with Gasteiger partial charge in [0, 0.05) is 43.5 Å². The molecule has 3 aromatic rings. The molecule has 0 saturated carbocycles. The summed E-state index contributed by atoms with van der Waals surface area (Å²) in [6.07, 6.45) is 0.819. The molecule has 0 spiro atoms. The third kappa shape index (κ3) is 4.27. The van der Waals surface area contributed by atoms with E-state index >= 15 is 0 Å². The lowest BCUT2D eigenvalue weighted by molar-refractivity contribution is 0.256. The molecule has 0 bridgehead atoms. The molecule has 0 atom stereocenters. The number of aromatic hydroxyl groups is 2. The summed E-state index contributed by atoms with van der Waals surface area (Å²) in [5.41, 5.74) is 1.14. The fraction of sp³-hybridized carbons (Fsp3) is 0.333. The van der Waals surface area contributed by atoms with Crippen LogP contribution in [0.5, 0.6) is 17.2 Å². The zero-order valence-corrected chi connectivity index (χ0v) is 18.1. The van der Waals surface area contributed by atoms with Crippen LogP contribution in [0.4, 0.5) is 17.1 Å². The number of para-hydroxylation sites is 2. The number of phenolic OH excluding ortho intramolecular Hbond substituents is 2. The van der Waals surface area contributed by atoms with Gasteiger partial charge in [-0.05, 0) is 30.3 Å². The summed E-state index contributed by atoms with van der Waals surface area (Å²) in [5, 5.41) is 27.9. The number of hydrogen-bond donors (Lipinski definition) is 3. The summed E-state index contributed by atoms with van der Waals surface area (Å²) in [4.78, 5) is 16.1. The van der Waals surface area contributed by atoms with Gasteiger partial charge in [0.25, 0.3) is 0 Å². The lowest BCUT2D eigenvalue weighted by Gasteiger charge is -2.36. The van der Waals surface area contributed by atoms with Crippen molar-refractivity contribution in [1.29, 1.82) is 0 Å². The summed E-state index contributed by atoms with van der Waals surface area (Å²) >= 11 is 0. The number of anilines is 2. The van der Waals surface area contributed by atoms with Crippen LogP contribution in [0.3, 0.4) is 0 Å². The number of ether oxygens (including phenoxy) is 1. The molecule has 8 heteroatoms. The monoisotopic (exact) mass is 436 g/mol. The third-order valence-corrected chi connectivity index (χ3v) is 5.98. The summed E-state index contributed by atoms with van der Waals surface area (Å²) in [7, 11) is 1.70. The van der Waals surface area contributed by atoms with Crippen LogP contribution in [0.2, 0.25) is 0 Å². The van der Waals surface area contributed by atoms with Gasteiger partial charge in [0.05, 0.1) is 12.8 Å². The number of methoxy groups -OCH3 is 1. The third-order valence-electron chi connectivity index (χ3n) is 5.98. The second-order valence-electron chi connectivity index (χ2n) is 7.84. The topological polar surface area (TPSA) is 97.6 Å². The SMILES string of the molecule is COc1ccccc1N1CCN(CCCNc2c(N=O)c(O)c3ccccc3c2O)CC1. The quantitative estimate of drug-likeness (QED) is 0.210. The number of phenols is 2. The largest absolute Gasteiger partial charge is 0.505 e. The Kier molecular flexibility index (Phi) is 6.61. The number of piperazine rings is 1. The Morgan fingerprint density at radius 2 is 1.62 bits per heavy atom. The second kappa shape index (κ2) is 9.74. The fourth-order valence-corrected chi connectivity index (χ4v) is 4.26. The first-order valence-electron chi connectivity index (χ1n) is 10.8. The minimum absolute atomic E-state index is 0.0709. The van der Waals surface area contributed by atoms with Gasteiger partial charge in [0.15, 0.2) is 11.4 Å². The predicted octanol–water partition coefficient (Wildman–Crippen LogP) is 4.28. The Balaban J connectivity index is 1.32. The Labute approximate surface area is 187 Å². The highest BCUT2D eigenvalue weighted by atomic mass is 16.5. The molecule has 0 unspecified atom stereocenters. The lowest BCUT2D eigenvalue weighted by atomic mass is 10.1. The maximum absolute atomic E-state index is 11.3. The van der Waals surface area contributed by atoms with Crippen molar-refractivity contribution in [3.63, 3.8) is 0 Å². The van der Waals surface area contributed by atoms with E-state index in [0.717, 1.165) is 50.6 Å². The van der Waals surface area contributed by atoms with E-state index in [1.165, 1.54) is 0 Å². The lowest BCUT2D eigenvalue weighted by Crippen LogP contribution is -2.46. The number of nitrogens with one attached hydrogen (secondary N) is 1. The molecule has 1 aliphatic heterocycles. The van der Waals surface area contributed by atoms with Crippen LogP contribution in [0, 0.1) is 4.91 Å². The smallest absolute Gasteiger partial charge is 0.177 e. The van der Waals surface area contributed by atoms with Crippen molar-refractivity contribution in [2.45, 2.75) is 6.42 Å². The van der Waals surface area contributed by atoms with Crippen molar-refractivity contribution in [3.05, 3.63) is 53.4 Å². The second-order valence-corrected chi connectivity index (χ2v) is 7.84. The highest BCUT2D eigenvalue weighted by Crippen LogP contribution is 2.48. The zero-order chi connectivity index (χ0) is 22.5. The van der Waals surface area contributed by atoms with E-state index in [9.17, 15) is 15.1 Å². The molecule has 0 aliphatic carbocycles. The van der Waals surface area contributed by atoms with Crippen molar-refractivity contribution in [3.8, 4) is 17.2 Å². The molecule has 0 radical (unpaired) electrons. The van der Waals surface area contributed by atoms with Crippen LogP contribution < -0.4 is 15.0 Å². The molecule has 1 fully saturated rings. The van der Waals surface area contributed by atoms with Crippen molar-refractivity contribution < 1.29 is 14.9 Å². The summed E-state index contributed by atoms with van der Waals surface area (Å²) < 4.78 is 5.48. The van der Waals surface area contributed by atoms with Gasteiger partial charge < -0.3 is 25.2 Å². The fourth-order valence-electron chi connectivity index (χ4n) is 4.26. The average molecular weight is 437 g/mol. The standard InChI is InChI=1S/C24H28N4O4/c1-32-20-10-5-4-9-19(20)28-15-13-27(14-16-28)12-6-11-25-21-22(26-31)24(30)18-8-3-2-7-17(18)23(21)29/h2-5,7-10,25,29-30H,6,11-16H2,1H3. The van der Waals surface area contributed by atoms with E-state index < -0.39 is 0 Å². The van der Waals surface area contributed by atoms with E-state index in [2.05, 4.69) is 26.4 Å². The molecule has 168 valence electrons. The molecular weight excluding hydrogens is 408 g/mol. The van der Waals surface area contributed by atoms with E-state index in [4.69, 9.17) is 4.74 Å². The highest BCUT2D eigenvalue weighted by Gasteiger charge is 2.21. The van der Waals surface area contributed by atoms with Gasteiger partial charge in [0.1, 0.15) is 17.2 Å². The predicted molar refractivity (Wildman–Crippen MR) is 127 cm³/mol. The van der Waals surface area contributed by atoms with E-state index in [1.54, 1.807) is 31.4 Å². The van der Waals surface area contributed by atoms with Gasteiger partial charge in [0.2, 0.25) is 0 Å². The van der Waals surface area contributed by atoms with Crippen LogP contribution >= 0.6 is 0 Å². The maximum atomic E-state index is 11.3. The van der Waals surface area contributed by atoms with E-state index in [1.807, 2.05) is 18.2 Å². The molecule has 3 N–H and O–H groups in total. The minimum atomic E-state index is -0.219. The van der Waals surface area contributed by atoms with Crippen molar-refractivity contribution in [2.24, 2.45) is 5.18 Å². The van der Waals surface area contributed by atoms with E-state index in [-0.39, 0.29) is 22.9 Å². The van der Waals surface area contributed by atoms with Crippen molar-refractivity contribution >= 4 is 27.8 Å². The normalized spacial score (nSPS) is 14.5. The minimum Gasteiger partial charge on any atom is -0.505 e.